The minimum absolute atomic E-state index is 0.00872. The molecule has 1 unspecified atom stereocenters. The predicted octanol–water partition coefficient (Wildman–Crippen LogP) is 4.75. The van der Waals surface area contributed by atoms with Crippen LogP contribution in [0.4, 0.5) is 5.69 Å². The van der Waals surface area contributed by atoms with Crippen molar-refractivity contribution in [2.75, 3.05) is 4.72 Å². The molecule has 0 fully saturated rings. The third-order valence-corrected chi connectivity index (χ3v) is 7.22. The van der Waals surface area contributed by atoms with E-state index >= 15 is 0 Å². The lowest BCUT2D eigenvalue weighted by molar-refractivity contribution is -0.121. The van der Waals surface area contributed by atoms with Crippen LogP contribution in [0.1, 0.15) is 36.9 Å². The standard InChI is InChI=1S/C22H24N2O3S2/c1-2-7-20(18-8-4-3-5-9-18)23-21(25)16-17-11-13-19(14-12-17)24-29(26,27)22-10-6-15-28-22/h3-6,8-15,20,24H,2,7,16H2,1H3,(H,23,25). The van der Waals surface area contributed by atoms with Gasteiger partial charge in [-0.2, -0.15) is 0 Å². The van der Waals surface area contributed by atoms with Crippen LogP contribution < -0.4 is 10.0 Å². The van der Waals surface area contributed by atoms with Crippen molar-refractivity contribution in [2.24, 2.45) is 0 Å². The minimum Gasteiger partial charge on any atom is -0.349 e. The van der Waals surface area contributed by atoms with Crippen LogP contribution in [-0.2, 0) is 21.2 Å². The Bertz CT molecular complexity index is 1020. The van der Waals surface area contributed by atoms with Gasteiger partial charge in [0, 0.05) is 5.69 Å². The Kier molecular flexibility index (Phi) is 7.06. The predicted molar refractivity (Wildman–Crippen MR) is 118 cm³/mol. The maximum atomic E-state index is 12.5. The molecule has 0 bridgehead atoms. The number of hydrogen-bond donors (Lipinski definition) is 2. The highest BCUT2D eigenvalue weighted by atomic mass is 32.2. The van der Waals surface area contributed by atoms with Crippen molar-refractivity contribution in [1.82, 2.24) is 5.32 Å². The minimum atomic E-state index is -3.57. The first-order chi connectivity index (χ1) is 14.0. The molecule has 29 heavy (non-hydrogen) atoms. The van der Waals surface area contributed by atoms with E-state index in [9.17, 15) is 13.2 Å². The van der Waals surface area contributed by atoms with Gasteiger partial charge in [-0.25, -0.2) is 8.42 Å². The van der Waals surface area contributed by atoms with E-state index < -0.39 is 10.0 Å². The smallest absolute Gasteiger partial charge is 0.271 e. The Morgan fingerprint density at radius 1 is 1.00 bits per heavy atom. The molecule has 0 spiro atoms. The summed E-state index contributed by atoms with van der Waals surface area (Å²) in [5, 5.41) is 4.82. The zero-order valence-corrected chi connectivity index (χ0v) is 17.8. The van der Waals surface area contributed by atoms with Gasteiger partial charge in [0.25, 0.3) is 10.0 Å². The van der Waals surface area contributed by atoms with E-state index in [4.69, 9.17) is 0 Å². The van der Waals surface area contributed by atoms with Crippen LogP contribution in [0, 0.1) is 0 Å². The molecule has 152 valence electrons. The Hall–Kier alpha value is -2.64. The van der Waals surface area contributed by atoms with Crippen molar-refractivity contribution in [3.8, 4) is 0 Å². The summed E-state index contributed by atoms with van der Waals surface area (Å²) < 4.78 is 27.4. The SMILES string of the molecule is CCCC(NC(=O)Cc1ccc(NS(=O)(=O)c2cccs2)cc1)c1ccccc1. The average molecular weight is 429 g/mol. The van der Waals surface area contributed by atoms with Gasteiger partial charge >= 0.3 is 0 Å². The van der Waals surface area contributed by atoms with Gasteiger partial charge in [-0.1, -0.05) is 61.9 Å². The molecule has 1 heterocycles. The number of carbonyl (C=O) groups excluding carboxylic acids is 1. The third-order valence-electron chi connectivity index (χ3n) is 4.45. The molecule has 0 saturated heterocycles. The number of anilines is 1. The van der Waals surface area contributed by atoms with Gasteiger partial charge in [0.2, 0.25) is 5.91 Å². The van der Waals surface area contributed by atoms with Crippen LogP contribution in [0.2, 0.25) is 0 Å². The summed E-state index contributed by atoms with van der Waals surface area (Å²) in [6, 6.07) is 20.1. The molecule has 3 aromatic rings. The molecule has 0 aliphatic carbocycles. The molecule has 1 atom stereocenters. The lowest BCUT2D eigenvalue weighted by Gasteiger charge is -2.18. The van der Waals surface area contributed by atoms with Crippen molar-refractivity contribution in [1.29, 1.82) is 0 Å². The molecule has 2 aromatic carbocycles. The number of amides is 1. The number of rotatable bonds is 9. The van der Waals surface area contributed by atoms with Gasteiger partial charge in [-0.05, 0) is 41.1 Å². The van der Waals surface area contributed by atoms with E-state index in [0.29, 0.717) is 5.69 Å². The van der Waals surface area contributed by atoms with E-state index in [1.165, 1.54) is 0 Å². The monoisotopic (exact) mass is 428 g/mol. The van der Waals surface area contributed by atoms with Crippen LogP contribution in [0.5, 0.6) is 0 Å². The maximum absolute atomic E-state index is 12.5. The first-order valence-corrected chi connectivity index (χ1v) is 11.8. The maximum Gasteiger partial charge on any atom is 0.271 e. The van der Waals surface area contributed by atoms with Gasteiger partial charge in [-0.15, -0.1) is 11.3 Å². The van der Waals surface area contributed by atoms with E-state index in [1.807, 2.05) is 30.3 Å². The number of hydrogen-bond acceptors (Lipinski definition) is 4. The number of thiophene rings is 1. The first kappa shape index (κ1) is 21.1. The molecule has 0 aliphatic heterocycles. The zero-order chi connectivity index (χ0) is 20.7. The largest absolute Gasteiger partial charge is 0.349 e. The highest BCUT2D eigenvalue weighted by Gasteiger charge is 2.16. The molecule has 3 rings (SSSR count). The summed E-state index contributed by atoms with van der Waals surface area (Å²) in [5.41, 5.74) is 2.39. The van der Waals surface area contributed by atoms with Crippen molar-refractivity contribution in [3.63, 3.8) is 0 Å². The number of sulfonamides is 1. The van der Waals surface area contributed by atoms with Crippen molar-refractivity contribution in [3.05, 3.63) is 83.2 Å². The topological polar surface area (TPSA) is 75.3 Å². The average Bonchev–Trinajstić information content (AvgIpc) is 3.26. The molecule has 7 heteroatoms. The zero-order valence-electron chi connectivity index (χ0n) is 16.2. The highest BCUT2D eigenvalue weighted by molar-refractivity contribution is 7.94. The summed E-state index contributed by atoms with van der Waals surface area (Å²) in [6.45, 7) is 2.10. The molecule has 0 saturated carbocycles. The first-order valence-electron chi connectivity index (χ1n) is 9.47. The molecule has 1 amide bonds. The number of nitrogens with one attached hydrogen (secondary N) is 2. The fourth-order valence-corrected chi connectivity index (χ4v) is 5.09. The molecular weight excluding hydrogens is 404 g/mol. The van der Waals surface area contributed by atoms with Gasteiger partial charge in [0.1, 0.15) is 4.21 Å². The van der Waals surface area contributed by atoms with Crippen LogP contribution in [0.15, 0.2) is 76.3 Å². The Balaban J connectivity index is 1.61. The molecule has 0 aliphatic rings. The number of carbonyl (C=O) groups is 1. The summed E-state index contributed by atoms with van der Waals surface area (Å²) in [7, 11) is -3.57. The van der Waals surface area contributed by atoms with Crippen molar-refractivity contribution in [2.45, 2.75) is 36.4 Å². The third kappa shape index (κ3) is 5.92. The second-order valence-corrected chi connectivity index (χ2v) is 9.59. The van der Waals surface area contributed by atoms with Crippen LogP contribution in [0.25, 0.3) is 0 Å². The Labute approximate surface area is 175 Å². The van der Waals surface area contributed by atoms with Gasteiger partial charge in [0.05, 0.1) is 12.5 Å². The summed E-state index contributed by atoms with van der Waals surface area (Å²) in [4.78, 5) is 12.5. The van der Waals surface area contributed by atoms with Gasteiger partial charge in [-0.3, -0.25) is 9.52 Å². The summed E-state index contributed by atoms with van der Waals surface area (Å²) >= 11 is 1.16. The van der Waals surface area contributed by atoms with Crippen LogP contribution >= 0.6 is 11.3 Å². The van der Waals surface area contributed by atoms with Crippen molar-refractivity contribution >= 4 is 33.0 Å². The fourth-order valence-electron chi connectivity index (χ4n) is 3.04. The molecule has 0 radical (unpaired) electrons. The second-order valence-electron chi connectivity index (χ2n) is 6.73. The Morgan fingerprint density at radius 3 is 2.34 bits per heavy atom. The van der Waals surface area contributed by atoms with E-state index in [0.717, 1.165) is 35.3 Å². The van der Waals surface area contributed by atoms with Gasteiger partial charge in [0.15, 0.2) is 0 Å². The van der Waals surface area contributed by atoms with Crippen molar-refractivity contribution < 1.29 is 13.2 Å². The van der Waals surface area contributed by atoms with Crippen LogP contribution in [0.3, 0.4) is 0 Å². The molecule has 1 aromatic heterocycles. The van der Waals surface area contributed by atoms with E-state index in [1.54, 1.807) is 41.8 Å². The summed E-state index contributed by atoms with van der Waals surface area (Å²) in [5.74, 6) is -0.0563. The van der Waals surface area contributed by atoms with Crippen LogP contribution in [-0.4, -0.2) is 14.3 Å². The fraction of sp³-hybridized carbons (Fsp3) is 0.227. The molecule has 5 nitrogen and oxygen atoms in total. The van der Waals surface area contributed by atoms with Gasteiger partial charge < -0.3 is 5.32 Å². The lowest BCUT2D eigenvalue weighted by Crippen LogP contribution is -2.29. The quantitative estimate of drug-likeness (QED) is 0.516. The molecule has 2 N–H and O–H groups in total. The highest BCUT2D eigenvalue weighted by Crippen LogP contribution is 2.21. The summed E-state index contributed by atoms with van der Waals surface area (Å²) in [6.07, 6.45) is 2.09. The second kappa shape index (κ2) is 9.71. The lowest BCUT2D eigenvalue weighted by atomic mass is 10.0. The normalized spacial score (nSPS) is 12.3. The molecular formula is C22H24N2O3S2. The van der Waals surface area contributed by atoms with E-state index in [2.05, 4.69) is 17.0 Å². The number of benzene rings is 2. The van der Waals surface area contributed by atoms with E-state index in [-0.39, 0.29) is 22.6 Å². The Morgan fingerprint density at radius 2 is 1.72 bits per heavy atom.